The van der Waals surface area contributed by atoms with Gasteiger partial charge in [0.25, 0.3) is 0 Å². The lowest BCUT2D eigenvalue weighted by Crippen LogP contribution is -2.34. The first-order valence-corrected chi connectivity index (χ1v) is 9.90. The normalized spacial score (nSPS) is 30.7. The van der Waals surface area contributed by atoms with Crippen molar-refractivity contribution in [2.24, 2.45) is 11.8 Å². The molecule has 1 aliphatic heterocycles. The van der Waals surface area contributed by atoms with Gasteiger partial charge in [-0.3, -0.25) is 0 Å². The second kappa shape index (κ2) is 7.00. The molecule has 0 aromatic carbocycles. The summed E-state index contributed by atoms with van der Waals surface area (Å²) in [5.74, 6) is 0.998. The largest absolute Gasteiger partial charge is 0.382 e. The lowest BCUT2D eigenvalue weighted by Gasteiger charge is -2.25. The summed E-state index contributed by atoms with van der Waals surface area (Å²) in [7, 11) is 0. The Bertz CT molecular complexity index is 807. The van der Waals surface area contributed by atoms with Gasteiger partial charge in [0, 0.05) is 0 Å². The van der Waals surface area contributed by atoms with E-state index in [0.29, 0.717) is 23.2 Å². The van der Waals surface area contributed by atoms with E-state index in [1.54, 1.807) is 6.33 Å². The summed E-state index contributed by atoms with van der Waals surface area (Å²) in [6, 6.07) is 0.0286. The second-order valence-corrected chi connectivity index (χ2v) is 8.25. The molecule has 8 nitrogen and oxygen atoms in total. The van der Waals surface area contributed by atoms with Crippen molar-refractivity contribution < 1.29 is 9.47 Å². The van der Waals surface area contributed by atoms with Gasteiger partial charge in [0.1, 0.15) is 17.9 Å². The number of nitrogens with two attached hydrogens (primary N) is 1. The summed E-state index contributed by atoms with van der Waals surface area (Å²) in [6.07, 6.45) is 5.61. The fraction of sp³-hybridized carbons (Fsp3) is 0.737. The fourth-order valence-electron chi connectivity index (χ4n) is 4.22. The van der Waals surface area contributed by atoms with Crippen molar-refractivity contribution in [3.05, 3.63) is 12.7 Å². The van der Waals surface area contributed by atoms with Gasteiger partial charge in [0.2, 0.25) is 0 Å². The molecule has 8 heteroatoms. The first kappa shape index (κ1) is 18.6. The molecule has 0 bridgehead atoms. The number of hydrogen-bond acceptors (Lipinski definition) is 7. The molecule has 1 saturated heterocycles. The van der Waals surface area contributed by atoms with Crippen molar-refractivity contribution in [2.75, 3.05) is 18.8 Å². The molecule has 148 valence electrons. The Morgan fingerprint density at radius 3 is 2.93 bits per heavy atom. The molecule has 2 fully saturated rings. The van der Waals surface area contributed by atoms with Crippen LogP contribution in [0, 0.1) is 11.8 Å². The molecule has 0 radical (unpaired) electrons. The average molecular weight is 374 g/mol. The Hall–Kier alpha value is -1.77. The number of imidazole rings is 1. The molecule has 4 rings (SSSR count). The smallest absolute Gasteiger partial charge is 0.165 e. The quantitative estimate of drug-likeness (QED) is 0.716. The predicted octanol–water partition coefficient (Wildman–Crippen LogP) is 2.13. The number of nitrogen functional groups attached to an aromatic ring is 1. The minimum absolute atomic E-state index is 0.0286. The van der Waals surface area contributed by atoms with Gasteiger partial charge in [-0.1, -0.05) is 6.92 Å². The van der Waals surface area contributed by atoms with Crippen LogP contribution in [0.5, 0.6) is 0 Å². The highest BCUT2D eigenvalue weighted by molar-refractivity contribution is 5.81. The summed E-state index contributed by atoms with van der Waals surface area (Å²) < 4.78 is 14.7. The molecule has 0 spiro atoms. The Kier molecular flexibility index (Phi) is 4.82. The van der Waals surface area contributed by atoms with Crippen LogP contribution in [0.1, 0.15) is 46.6 Å². The van der Waals surface area contributed by atoms with Crippen LogP contribution >= 0.6 is 0 Å². The number of aromatic nitrogens is 4. The van der Waals surface area contributed by atoms with E-state index in [9.17, 15) is 0 Å². The monoisotopic (exact) mass is 374 g/mol. The molecule has 3 N–H and O–H groups in total. The van der Waals surface area contributed by atoms with Crippen molar-refractivity contribution in [3.8, 4) is 0 Å². The van der Waals surface area contributed by atoms with Crippen molar-refractivity contribution in [2.45, 2.75) is 64.6 Å². The molecule has 27 heavy (non-hydrogen) atoms. The van der Waals surface area contributed by atoms with Crippen molar-refractivity contribution in [1.29, 1.82) is 0 Å². The topological polar surface area (TPSA) is 100 Å². The number of fused-ring (bicyclic) bond motifs is 1. The van der Waals surface area contributed by atoms with Crippen LogP contribution in [0.4, 0.5) is 5.82 Å². The zero-order valence-electron chi connectivity index (χ0n) is 16.6. The number of nitrogens with zero attached hydrogens (tertiary/aromatic N) is 4. The van der Waals surface area contributed by atoms with E-state index >= 15 is 0 Å². The van der Waals surface area contributed by atoms with Gasteiger partial charge in [0.15, 0.2) is 17.3 Å². The van der Waals surface area contributed by atoms with Crippen LogP contribution < -0.4 is 11.1 Å². The molecule has 2 aromatic heterocycles. The van der Waals surface area contributed by atoms with Crippen LogP contribution in [0.3, 0.4) is 0 Å². The van der Waals surface area contributed by atoms with Crippen molar-refractivity contribution in [1.82, 2.24) is 24.8 Å². The highest BCUT2D eigenvalue weighted by Gasteiger charge is 2.54. The molecule has 2 aliphatic rings. The van der Waals surface area contributed by atoms with Crippen molar-refractivity contribution in [3.63, 3.8) is 0 Å². The van der Waals surface area contributed by atoms with Crippen LogP contribution in [0.2, 0.25) is 0 Å². The zero-order chi connectivity index (χ0) is 19.2. The fourth-order valence-corrected chi connectivity index (χ4v) is 4.22. The van der Waals surface area contributed by atoms with Gasteiger partial charge < -0.3 is 25.1 Å². The zero-order valence-corrected chi connectivity index (χ0v) is 16.6. The van der Waals surface area contributed by atoms with E-state index in [1.807, 2.05) is 18.4 Å². The summed E-state index contributed by atoms with van der Waals surface area (Å²) in [6.45, 7) is 10.4. The third-order valence-electron chi connectivity index (χ3n) is 5.70. The summed E-state index contributed by atoms with van der Waals surface area (Å²) in [5, 5.41) is 3.53. The third-order valence-corrected chi connectivity index (χ3v) is 5.70. The molecule has 3 heterocycles. The SMILES string of the molecule is CCCNC[C@H]1C[C@H]1C1OC(C)(C)OC1C(C)n1cnc2c(N)ncnc21. The lowest BCUT2D eigenvalue weighted by atomic mass is 10.0. The van der Waals surface area contributed by atoms with Crippen molar-refractivity contribution >= 4 is 17.0 Å². The highest BCUT2D eigenvalue weighted by Crippen LogP contribution is 2.49. The number of nitrogens with one attached hydrogen (secondary N) is 1. The van der Waals surface area contributed by atoms with Gasteiger partial charge in [-0.15, -0.1) is 0 Å². The van der Waals surface area contributed by atoms with Crippen LogP contribution in [0.15, 0.2) is 12.7 Å². The molecule has 1 saturated carbocycles. The van der Waals surface area contributed by atoms with E-state index in [-0.39, 0.29) is 18.2 Å². The molecule has 2 aromatic rings. The number of ether oxygens (including phenoxy) is 2. The first-order chi connectivity index (χ1) is 12.9. The van der Waals surface area contributed by atoms with Crippen LogP contribution in [0.25, 0.3) is 11.2 Å². The summed E-state index contributed by atoms with van der Waals surface area (Å²) in [5.41, 5.74) is 7.30. The Morgan fingerprint density at radius 1 is 1.33 bits per heavy atom. The Balaban J connectivity index is 1.54. The van der Waals surface area contributed by atoms with E-state index in [0.717, 1.165) is 25.2 Å². The van der Waals surface area contributed by atoms with Gasteiger partial charge in [0.05, 0.1) is 18.5 Å². The first-order valence-electron chi connectivity index (χ1n) is 9.90. The standard InChI is InChI=1S/C19H30N6O2/c1-5-6-21-8-12-7-13(12)16-15(26-19(3,4)27-16)11(2)25-10-24-14-17(20)22-9-23-18(14)25/h9-13,15-16,21H,5-8H2,1-4H3,(H2,20,22,23)/t11?,12-,13-,15?,16?/m1/s1. The highest BCUT2D eigenvalue weighted by atomic mass is 16.8. The third kappa shape index (κ3) is 3.53. The van der Waals surface area contributed by atoms with Gasteiger partial charge >= 0.3 is 0 Å². The molecular weight excluding hydrogens is 344 g/mol. The van der Waals surface area contributed by atoms with Crippen LogP contribution in [-0.2, 0) is 9.47 Å². The van der Waals surface area contributed by atoms with Gasteiger partial charge in [-0.05, 0) is 58.5 Å². The Morgan fingerprint density at radius 2 is 2.15 bits per heavy atom. The summed E-state index contributed by atoms with van der Waals surface area (Å²) in [4.78, 5) is 12.8. The van der Waals surface area contributed by atoms with E-state index in [2.05, 4.69) is 34.1 Å². The maximum Gasteiger partial charge on any atom is 0.165 e. The Labute approximate surface area is 159 Å². The molecule has 3 unspecified atom stereocenters. The molecular formula is C19H30N6O2. The average Bonchev–Trinajstić information content (AvgIpc) is 3.12. The number of hydrogen-bond donors (Lipinski definition) is 2. The maximum atomic E-state index is 6.34. The van der Waals surface area contributed by atoms with E-state index in [1.165, 1.54) is 12.7 Å². The number of anilines is 1. The van der Waals surface area contributed by atoms with E-state index in [4.69, 9.17) is 15.2 Å². The second-order valence-electron chi connectivity index (χ2n) is 8.25. The lowest BCUT2D eigenvalue weighted by molar-refractivity contribution is -0.150. The maximum absolute atomic E-state index is 6.34. The predicted molar refractivity (Wildman–Crippen MR) is 103 cm³/mol. The van der Waals surface area contributed by atoms with E-state index < -0.39 is 5.79 Å². The van der Waals surface area contributed by atoms with Gasteiger partial charge in [-0.25, -0.2) is 15.0 Å². The molecule has 5 atom stereocenters. The minimum atomic E-state index is -0.585. The minimum Gasteiger partial charge on any atom is -0.382 e. The molecule has 0 amide bonds. The summed E-state index contributed by atoms with van der Waals surface area (Å²) >= 11 is 0. The number of rotatable bonds is 7. The van der Waals surface area contributed by atoms with Crippen LogP contribution in [-0.4, -0.2) is 50.6 Å². The molecule has 1 aliphatic carbocycles. The van der Waals surface area contributed by atoms with Gasteiger partial charge in [-0.2, -0.15) is 0 Å².